The van der Waals surface area contributed by atoms with E-state index < -0.39 is 0 Å². The van der Waals surface area contributed by atoms with E-state index in [9.17, 15) is 9.90 Å². The van der Waals surface area contributed by atoms with Gasteiger partial charge in [-0.3, -0.25) is 0 Å². The van der Waals surface area contributed by atoms with Crippen molar-refractivity contribution in [1.82, 2.24) is 0 Å². The molecule has 3 heteroatoms. The van der Waals surface area contributed by atoms with Crippen molar-refractivity contribution in [1.29, 1.82) is 0 Å². The first-order valence-corrected chi connectivity index (χ1v) is 6.27. The van der Waals surface area contributed by atoms with Gasteiger partial charge in [-0.1, -0.05) is 32.3 Å². The summed E-state index contributed by atoms with van der Waals surface area (Å²) in [6.07, 6.45) is 5.11. The van der Waals surface area contributed by atoms with Gasteiger partial charge >= 0.3 is 5.97 Å². The molecule has 0 radical (unpaired) electrons. The van der Waals surface area contributed by atoms with E-state index in [2.05, 4.69) is 6.92 Å². The molecule has 1 unspecified atom stereocenters. The average Bonchev–Trinajstić information content (AvgIpc) is 2.64. The number of aromatic hydroxyl groups is 1. The number of ether oxygens (including phenoxy) is 1. The highest BCUT2D eigenvalue weighted by molar-refractivity contribution is 5.94. The largest absolute Gasteiger partial charge is 0.508 e. The summed E-state index contributed by atoms with van der Waals surface area (Å²) in [5, 5.41) is 9.79. The first-order chi connectivity index (χ1) is 8.24. The number of rotatable bonds is 5. The maximum Gasteiger partial charge on any atom is 0.339 e. The van der Waals surface area contributed by atoms with Gasteiger partial charge in [0.25, 0.3) is 0 Å². The Morgan fingerprint density at radius 1 is 1.29 bits per heavy atom. The van der Waals surface area contributed by atoms with Gasteiger partial charge in [0.2, 0.25) is 0 Å². The monoisotopic (exact) mass is 234 g/mol. The van der Waals surface area contributed by atoms with Crippen LogP contribution in [0.25, 0.3) is 0 Å². The van der Waals surface area contributed by atoms with Crippen LogP contribution in [0.3, 0.4) is 0 Å². The number of esters is 1. The molecule has 92 valence electrons. The fourth-order valence-electron chi connectivity index (χ4n) is 2.28. The smallest absolute Gasteiger partial charge is 0.339 e. The van der Waals surface area contributed by atoms with Crippen molar-refractivity contribution >= 4 is 5.97 Å². The third-order valence-corrected chi connectivity index (χ3v) is 3.19. The molecular formula is C14H18O3. The summed E-state index contributed by atoms with van der Waals surface area (Å²) >= 11 is 0. The molecule has 0 saturated heterocycles. The van der Waals surface area contributed by atoms with E-state index >= 15 is 0 Å². The van der Waals surface area contributed by atoms with E-state index in [1.165, 1.54) is 12.8 Å². The number of hydrogen-bond donors (Lipinski definition) is 1. The standard InChI is InChI=1S/C14H18O3/c1-2-3-4-5-9-12-13-10(14(16)17-12)7-6-8-11(13)15/h6-8,12,15H,2-5,9H2,1H3. The minimum atomic E-state index is -0.309. The molecule has 0 amide bonds. The Morgan fingerprint density at radius 3 is 2.88 bits per heavy atom. The SMILES string of the molecule is CCCCCCC1OC(=O)c2cccc(O)c21. The van der Waals surface area contributed by atoms with Crippen LogP contribution in [-0.4, -0.2) is 11.1 Å². The molecule has 0 aromatic heterocycles. The maximum absolute atomic E-state index is 11.6. The lowest BCUT2D eigenvalue weighted by Gasteiger charge is -2.11. The lowest BCUT2D eigenvalue weighted by Crippen LogP contribution is -1.98. The van der Waals surface area contributed by atoms with E-state index in [0.29, 0.717) is 11.1 Å². The maximum atomic E-state index is 11.6. The van der Waals surface area contributed by atoms with Gasteiger partial charge in [0.05, 0.1) is 5.56 Å². The number of benzene rings is 1. The molecule has 1 aliphatic heterocycles. The zero-order chi connectivity index (χ0) is 12.3. The van der Waals surface area contributed by atoms with Crippen molar-refractivity contribution < 1.29 is 14.6 Å². The number of hydrogen-bond acceptors (Lipinski definition) is 3. The van der Waals surface area contributed by atoms with Gasteiger partial charge in [0.1, 0.15) is 11.9 Å². The fraction of sp³-hybridized carbons (Fsp3) is 0.500. The topological polar surface area (TPSA) is 46.5 Å². The average molecular weight is 234 g/mol. The highest BCUT2D eigenvalue weighted by Gasteiger charge is 2.32. The molecule has 0 fully saturated rings. The predicted molar refractivity (Wildman–Crippen MR) is 65.0 cm³/mol. The Hall–Kier alpha value is -1.51. The number of phenolic OH excluding ortho intramolecular Hbond substituents is 1. The second-order valence-corrected chi connectivity index (χ2v) is 4.48. The highest BCUT2D eigenvalue weighted by atomic mass is 16.5. The molecule has 17 heavy (non-hydrogen) atoms. The third-order valence-electron chi connectivity index (χ3n) is 3.19. The minimum Gasteiger partial charge on any atom is -0.508 e. The Balaban J connectivity index is 2.06. The molecule has 1 heterocycles. The molecule has 0 aliphatic carbocycles. The zero-order valence-electron chi connectivity index (χ0n) is 10.1. The number of fused-ring (bicyclic) bond motifs is 1. The number of cyclic esters (lactones) is 1. The first-order valence-electron chi connectivity index (χ1n) is 6.27. The second kappa shape index (κ2) is 5.21. The third kappa shape index (κ3) is 2.43. The fourth-order valence-corrected chi connectivity index (χ4v) is 2.28. The van der Waals surface area contributed by atoms with E-state index in [1.54, 1.807) is 18.2 Å². The van der Waals surface area contributed by atoms with Crippen LogP contribution in [0.15, 0.2) is 18.2 Å². The molecule has 0 saturated carbocycles. The number of phenols is 1. The quantitative estimate of drug-likeness (QED) is 0.625. The van der Waals surface area contributed by atoms with Gasteiger partial charge in [-0.25, -0.2) is 4.79 Å². The normalized spacial score (nSPS) is 17.9. The summed E-state index contributed by atoms with van der Waals surface area (Å²) < 4.78 is 5.29. The summed E-state index contributed by atoms with van der Waals surface area (Å²) in [4.78, 5) is 11.6. The van der Waals surface area contributed by atoms with Gasteiger partial charge in [-0.05, 0) is 25.0 Å². The van der Waals surface area contributed by atoms with E-state index in [-0.39, 0.29) is 17.8 Å². The van der Waals surface area contributed by atoms with Gasteiger partial charge in [-0.15, -0.1) is 0 Å². The Kier molecular flexibility index (Phi) is 3.67. The molecular weight excluding hydrogens is 216 g/mol. The Labute approximate surface area is 101 Å². The first kappa shape index (κ1) is 12.0. The summed E-state index contributed by atoms with van der Waals surface area (Å²) in [5.74, 6) is -0.134. The molecule has 1 N–H and O–H groups in total. The summed E-state index contributed by atoms with van der Waals surface area (Å²) in [6.45, 7) is 2.16. The van der Waals surface area contributed by atoms with Gasteiger partial charge in [-0.2, -0.15) is 0 Å². The summed E-state index contributed by atoms with van der Waals surface area (Å²) in [6, 6.07) is 5.00. The van der Waals surface area contributed by atoms with Crippen LogP contribution in [0.5, 0.6) is 5.75 Å². The van der Waals surface area contributed by atoms with Crippen LogP contribution in [0.2, 0.25) is 0 Å². The van der Waals surface area contributed by atoms with Crippen LogP contribution >= 0.6 is 0 Å². The molecule has 0 bridgehead atoms. The minimum absolute atomic E-state index is 0.175. The lowest BCUT2D eigenvalue weighted by atomic mass is 9.99. The van der Waals surface area contributed by atoms with Gasteiger partial charge in [0, 0.05) is 5.56 Å². The van der Waals surface area contributed by atoms with Crippen molar-refractivity contribution in [3.8, 4) is 5.75 Å². The molecule has 1 atom stereocenters. The van der Waals surface area contributed by atoms with Crippen molar-refractivity contribution in [2.75, 3.05) is 0 Å². The van der Waals surface area contributed by atoms with E-state index in [0.717, 1.165) is 19.3 Å². The number of unbranched alkanes of at least 4 members (excludes halogenated alkanes) is 3. The van der Waals surface area contributed by atoms with Crippen LogP contribution < -0.4 is 0 Å². The van der Waals surface area contributed by atoms with E-state index in [4.69, 9.17) is 4.74 Å². The molecule has 3 nitrogen and oxygen atoms in total. The van der Waals surface area contributed by atoms with Crippen LogP contribution in [0.4, 0.5) is 0 Å². The molecule has 1 aliphatic rings. The van der Waals surface area contributed by atoms with E-state index in [1.807, 2.05) is 0 Å². The number of carbonyl (C=O) groups excluding carboxylic acids is 1. The summed E-state index contributed by atoms with van der Waals surface area (Å²) in [7, 11) is 0. The summed E-state index contributed by atoms with van der Waals surface area (Å²) in [5.41, 5.74) is 1.19. The zero-order valence-corrected chi connectivity index (χ0v) is 10.1. The number of carbonyl (C=O) groups is 1. The Bertz CT molecular complexity index is 412. The molecule has 2 rings (SSSR count). The van der Waals surface area contributed by atoms with Gasteiger partial charge < -0.3 is 9.84 Å². The molecule has 1 aromatic rings. The molecule has 0 spiro atoms. The predicted octanol–water partition coefficient (Wildman–Crippen LogP) is 3.57. The van der Waals surface area contributed by atoms with Crippen LogP contribution in [0.1, 0.15) is 61.1 Å². The lowest BCUT2D eigenvalue weighted by molar-refractivity contribution is 0.0361. The van der Waals surface area contributed by atoms with Crippen molar-refractivity contribution in [2.45, 2.75) is 45.1 Å². The van der Waals surface area contributed by atoms with Crippen molar-refractivity contribution in [3.63, 3.8) is 0 Å². The molecule has 1 aromatic carbocycles. The highest BCUT2D eigenvalue weighted by Crippen LogP contribution is 2.39. The van der Waals surface area contributed by atoms with Crippen molar-refractivity contribution in [3.05, 3.63) is 29.3 Å². The van der Waals surface area contributed by atoms with Crippen molar-refractivity contribution in [2.24, 2.45) is 0 Å². The van der Waals surface area contributed by atoms with Crippen LogP contribution in [-0.2, 0) is 4.74 Å². The Morgan fingerprint density at radius 2 is 2.12 bits per heavy atom. The second-order valence-electron chi connectivity index (χ2n) is 4.48. The van der Waals surface area contributed by atoms with Gasteiger partial charge in [0.15, 0.2) is 0 Å². The van der Waals surface area contributed by atoms with Crippen LogP contribution in [0, 0.1) is 0 Å².